The lowest BCUT2D eigenvalue weighted by Crippen LogP contribution is -1.90. The van der Waals surface area contributed by atoms with Crippen LogP contribution in [0.4, 0.5) is 0 Å². The van der Waals surface area contributed by atoms with Crippen LogP contribution >= 0.6 is 11.6 Å². The highest BCUT2D eigenvalue weighted by Crippen LogP contribution is 2.15. The van der Waals surface area contributed by atoms with Crippen LogP contribution in [0.25, 0.3) is 0 Å². The van der Waals surface area contributed by atoms with E-state index in [1.165, 1.54) is 5.57 Å². The van der Waals surface area contributed by atoms with Gasteiger partial charge >= 0.3 is 0 Å². The van der Waals surface area contributed by atoms with Gasteiger partial charge in [-0.2, -0.15) is 0 Å². The molecule has 0 spiro atoms. The Balaban J connectivity index is 2.55. The van der Waals surface area contributed by atoms with Gasteiger partial charge in [0.15, 0.2) is 0 Å². The first-order valence-corrected chi connectivity index (χ1v) is 3.71. The third kappa shape index (κ3) is 2.23. The maximum Gasteiger partial charge on any atom is 0.0522 e. The Morgan fingerprint density at radius 3 is 3.22 bits per heavy atom. The first kappa shape index (κ1) is 6.88. The van der Waals surface area contributed by atoms with E-state index in [-0.39, 0.29) is 5.38 Å². The lowest BCUT2D eigenvalue weighted by molar-refractivity contribution is 0.847. The van der Waals surface area contributed by atoms with E-state index in [0.29, 0.717) is 0 Å². The van der Waals surface area contributed by atoms with Crippen LogP contribution in [0.5, 0.6) is 0 Å². The minimum atomic E-state index is 0.249. The number of hydrogen-bond acceptors (Lipinski definition) is 0. The highest BCUT2D eigenvalue weighted by molar-refractivity contribution is 6.21. The van der Waals surface area contributed by atoms with Gasteiger partial charge in [-0.1, -0.05) is 23.8 Å². The maximum absolute atomic E-state index is 5.87. The summed E-state index contributed by atoms with van der Waals surface area (Å²) in [7, 11) is 0. The number of rotatable bonds is 0. The molecule has 1 aliphatic rings. The summed E-state index contributed by atoms with van der Waals surface area (Å²) in [5.74, 6) is 0. The zero-order valence-corrected chi connectivity index (χ0v) is 6.36. The quantitative estimate of drug-likeness (QED) is 0.457. The normalized spacial score (nSPS) is 27.3. The molecular weight excluding hydrogens is 132 g/mol. The van der Waals surface area contributed by atoms with Crippen LogP contribution in [0.3, 0.4) is 0 Å². The van der Waals surface area contributed by atoms with E-state index >= 15 is 0 Å². The van der Waals surface area contributed by atoms with Crippen LogP contribution in [0, 0.1) is 0 Å². The molecule has 1 rings (SSSR count). The predicted octanol–water partition coefficient (Wildman–Crippen LogP) is 2.89. The summed E-state index contributed by atoms with van der Waals surface area (Å²) >= 11 is 5.87. The number of alkyl halides is 1. The molecule has 1 aliphatic carbocycles. The van der Waals surface area contributed by atoms with E-state index in [4.69, 9.17) is 11.6 Å². The third-order valence-electron chi connectivity index (χ3n) is 1.52. The van der Waals surface area contributed by atoms with Crippen molar-refractivity contribution in [2.24, 2.45) is 0 Å². The molecule has 0 aromatic rings. The van der Waals surface area contributed by atoms with Crippen molar-refractivity contribution in [2.45, 2.75) is 25.1 Å². The number of halogens is 1. The summed E-state index contributed by atoms with van der Waals surface area (Å²) in [5.41, 5.74) is 1.43. The van der Waals surface area contributed by atoms with Gasteiger partial charge in [-0.05, 0) is 19.8 Å². The van der Waals surface area contributed by atoms with Gasteiger partial charge in [0.25, 0.3) is 0 Å². The summed E-state index contributed by atoms with van der Waals surface area (Å²) in [6.45, 7) is 2.14. The van der Waals surface area contributed by atoms with Crippen molar-refractivity contribution in [2.75, 3.05) is 0 Å². The Morgan fingerprint density at radius 1 is 1.67 bits per heavy atom. The van der Waals surface area contributed by atoms with Crippen LogP contribution in [-0.4, -0.2) is 5.38 Å². The van der Waals surface area contributed by atoms with Crippen molar-refractivity contribution in [3.63, 3.8) is 0 Å². The highest BCUT2D eigenvalue weighted by Gasteiger charge is 2.01. The molecule has 0 bridgehead atoms. The topological polar surface area (TPSA) is 0 Å². The first-order chi connectivity index (χ1) is 4.29. The molecule has 0 saturated carbocycles. The minimum Gasteiger partial charge on any atom is -0.118 e. The van der Waals surface area contributed by atoms with E-state index in [0.717, 1.165) is 12.8 Å². The zero-order valence-electron chi connectivity index (χ0n) is 5.60. The van der Waals surface area contributed by atoms with Crippen LogP contribution in [-0.2, 0) is 0 Å². The summed E-state index contributed by atoms with van der Waals surface area (Å²) in [6.07, 6.45) is 8.43. The lowest BCUT2D eigenvalue weighted by Gasteiger charge is -1.98. The Labute approximate surface area is 61.2 Å². The molecule has 9 heavy (non-hydrogen) atoms. The smallest absolute Gasteiger partial charge is 0.0522 e. The number of allylic oxidation sites excluding steroid dienone is 4. The molecule has 0 heterocycles. The van der Waals surface area contributed by atoms with E-state index in [1.807, 2.05) is 12.2 Å². The van der Waals surface area contributed by atoms with Crippen molar-refractivity contribution in [1.82, 2.24) is 0 Å². The largest absolute Gasteiger partial charge is 0.118 e. The zero-order chi connectivity index (χ0) is 6.69. The molecule has 0 amide bonds. The summed E-state index contributed by atoms with van der Waals surface area (Å²) in [5, 5.41) is 0.249. The second kappa shape index (κ2) is 3.07. The molecule has 0 radical (unpaired) electrons. The molecule has 0 aromatic carbocycles. The minimum absolute atomic E-state index is 0.249. The van der Waals surface area contributed by atoms with Crippen LogP contribution in [0.2, 0.25) is 0 Å². The maximum atomic E-state index is 5.87. The molecule has 50 valence electrons. The van der Waals surface area contributed by atoms with Crippen molar-refractivity contribution in [3.8, 4) is 0 Å². The molecule has 1 atom stereocenters. The molecule has 0 fully saturated rings. The van der Waals surface area contributed by atoms with Crippen molar-refractivity contribution in [3.05, 3.63) is 23.8 Å². The van der Waals surface area contributed by atoms with E-state index in [2.05, 4.69) is 13.0 Å². The second-order valence-electron chi connectivity index (χ2n) is 2.45. The van der Waals surface area contributed by atoms with Gasteiger partial charge < -0.3 is 0 Å². The molecule has 1 unspecified atom stereocenters. The van der Waals surface area contributed by atoms with Crippen LogP contribution < -0.4 is 0 Å². The second-order valence-corrected chi connectivity index (χ2v) is 3.01. The van der Waals surface area contributed by atoms with E-state index in [9.17, 15) is 0 Å². The van der Waals surface area contributed by atoms with Crippen LogP contribution in [0.1, 0.15) is 19.8 Å². The predicted molar refractivity (Wildman–Crippen MR) is 41.8 cm³/mol. The molecule has 0 N–H and O–H groups in total. The van der Waals surface area contributed by atoms with Gasteiger partial charge in [-0.15, -0.1) is 11.6 Å². The van der Waals surface area contributed by atoms with Gasteiger partial charge in [0.1, 0.15) is 0 Å². The molecule has 0 aliphatic heterocycles. The summed E-state index contributed by atoms with van der Waals surface area (Å²) < 4.78 is 0. The monoisotopic (exact) mass is 142 g/mol. The Bertz CT molecular complexity index is 145. The first-order valence-electron chi connectivity index (χ1n) is 3.27. The lowest BCUT2D eigenvalue weighted by atomic mass is 10.1. The van der Waals surface area contributed by atoms with Gasteiger partial charge in [0.2, 0.25) is 0 Å². The third-order valence-corrected chi connectivity index (χ3v) is 1.88. The number of hydrogen-bond donors (Lipinski definition) is 0. The van der Waals surface area contributed by atoms with Crippen molar-refractivity contribution in [1.29, 1.82) is 0 Å². The molecular formula is C8H11Cl. The summed E-state index contributed by atoms with van der Waals surface area (Å²) in [4.78, 5) is 0. The molecule has 0 nitrogen and oxygen atoms in total. The van der Waals surface area contributed by atoms with E-state index < -0.39 is 0 Å². The standard InChI is InChI=1S/C8H11Cl/c1-7-3-2-4-8(9)6-5-7/h2-4,8H,5-6H2,1H3. The molecule has 1 heteroatoms. The SMILES string of the molecule is CC1=CC=CC(Cl)CC1. The fraction of sp³-hybridized carbons (Fsp3) is 0.500. The Kier molecular flexibility index (Phi) is 2.35. The average molecular weight is 143 g/mol. The van der Waals surface area contributed by atoms with Crippen molar-refractivity contribution >= 4 is 11.6 Å². The molecule has 0 aromatic heterocycles. The van der Waals surface area contributed by atoms with E-state index in [1.54, 1.807) is 0 Å². The van der Waals surface area contributed by atoms with Gasteiger partial charge in [0.05, 0.1) is 5.38 Å². The summed E-state index contributed by atoms with van der Waals surface area (Å²) in [6, 6.07) is 0. The Hall–Kier alpha value is -0.230. The fourth-order valence-corrected chi connectivity index (χ4v) is 1.08. The van der Waals surface area contributed by atoms with Gasteiger partial charge in [-0.25, -0.2) is 0 Å². The Morgan fingerprint density at radius 2 is 2.44 bits per heavy atom. The average Bonchev–Trinajstić information content (AvgIpc) is 1.97. The molecule has 0 saturated heterocycles. The fourth-order valence-electron chi connectivity index (χ4n) is 0.886. The highest BCUT2D eigenvalue weighted by atomic mass is 35.5. The van der Waals surface area contributed by atoms with Gasteiger partial charge in [0, 0.05) is 0 Å². The van der Waals surface area contributed by atoms with Gasteiger partial charge in [-0.3, -0.25) is 0 Å². The van der Waals surface area contributed by atoms with Crippen molar-refractivity contribution < 1.29 is 0 Å². The van der Waals surface area contributed by atoms with Crippen LogP contribution in [0.15, 0.2) is 23.8 Å².